The number of benzene rings is 2. The maximum absolute atomic E-state index is 11.8. The summed E-state index contributed by atoms with van der Waals surface area (Å²) in [6.07, 6.45) is 3.61. The van der Waals surface area contributed by atoms with Gasteiger partial charge in [0.1, 0.15) is 0 Å². The lowest BCUT2D eigenvalue weighted by atomic mass is 10.1. The van der Waals surface area contributed by atoms with E-state index in [0.717, 1.165) is 28.0 Å². The molecular weight excluding hydrogens is 352 g/mol. The fraction of sp³-hybridized carbons (Fsp3) is 0.0909. The van der Waals surface area contributed by atoms with Gasteiger partial charge >= 0.3 is 5.97 Å². The lowest BCUT2D eigenvalue weighted by molar-refractivity contribution is 0.0526. The minimum atomic E-state index is -0.337. The van der Waals surface area contributed by atoms with Crippen LogP contribution < -0.4 is 0 Å². The molecule has 0 saturated carbocycles. The van der Waals surface area contributed by atoms with Crippen LogP contribution in [0.5, 0.6) is 0 Å². The number of nitriles is 1. The standard InChI is InChI=1S/C22H16N4O2/c1-2-28-22(27)18-9-7-17(8-10-18)20-11-12-26-21(25-20)19(14-24-26)16-5-3-15(13-23)4-6-16/h3-12,14H,2H2,1H3. The highest BCUT2D eigenvalue weighted by Gasteiger charge is 2.11. The first-order valence-corrected chi connectivity index (χ1v) is 8.82. The second kappa shape index (κ2) is 7.33. The number of carbonyl (C=O) groups excluding carboxylic acids is 1. The molecule has 0 atom stereocenters. The SMILES string of the molecule is CCOC(=O)c1ccc(-c2ccn3ncc(-c4ccc(C#N)cc4)c3n2)cc1. The number of ether oxygens (including phenoxy) is 1. The molecule has 0 aliphatic carbocycles. The van der Waals surface area contributed by atoms with E-state index in [-0.39, 0.29) is 5.97 Å². The molecule has 0 radical (unpaired) electrons. The molecule has 0 unspecified atom stereocenters. The molecule has 28 heavy (non-hydrogen) atoms. The van der Waals surface area contributed by atoms with Gasteiger partial charge in [0.2, 0.25) is 0 Å². The van der Waals surface area contributed by atoms with E-state index in [2.05, 4.69) is 11.2 Å². The summed E-state index contributed by atoms with van der Waals surface area (Å²) in [6, 6.07) is 18.5. The Hall–Kier alpha value is -3.98. The van der Waals surface area contributed by atoms with Crippen LogP contribution in [0.3, 0.4) is 0 Å². The van der Waals surface area contributed by atoms with Crippen molar-refractivity contribution >= 4 is 11.6 Å². The number of hydrogen-bond donors (Lipinski definition) is 0. The third-order valence-electron chi connectivity index (χ3n) is 4.39. The number of aromatic nitrogens is 3. The van der Waals surface area contributed by atoms with E-state index >= 15 is 0 Å². The van der Waals surface area contributed by atoms with Crippen molar-refractivity contribution in [2.45, 2.75) is 6.92 Å². The van der Waals surface area contributed by atoms with Crippen LogP contribution in [0, 0.1) is 11.3 Å². The molecule has 136 valence electrons. The first-order chi connectivity index (χ1) is 13.7. The van der Waals surface area contributed by atoms with Crippen LogP contribution >= 0.6 is 0 Å². The summed E-state index contributed by atoms with van der Waals surface area (Å²) in [7, 11) is 0. The Bertz CT molecular complexity index is 1190. The van der Waals surface area contributed by atoms with Gasteiger partial charge in [-0.05, 0) is 42.8 Å². The summed E-state index contributed by atoms with van der Waals surface area (Å²) >= 11 is 0. The summed E-state index contributed by atoms with van der Waals surface area (Å²) in [5.74, 6) is -0.337. The monoisotopic (exact) mass is 368 g/mol. The summed E-state index contributed by atoms with van der Waals surface area (Å²) < 4.78 is 6.73. The lowest BCUT2D eigenvalue weighted by Crippen LogP contribution is -2.04. The van der Waals surface area contributed by atoms with Crippen molar-refractivity contribution in [1.29, 1.82) is 5.26 Å². The Morgan fingerprint density at radius 3 is 2.46 bits per heavy atom. The molecule has 0 amide bonds. The number of hydrogen-bond acceptors (Lipinski definition) is 5. The van der Waals surface area contributed by atoms with Crippen LogP contribution in [0.1, 0.15) is 22.8 Å². The van der Waals surface area contributed by atoms with Crippen LogP contribution in [-0.2, 0) is 4.74 Å². The van der Waals surface area contributed by atoms with Crippen LogP contribution in [0.25, 0.3) is 28.0 Å². The van der Waals surface area contributed by atoms with Gasteiger partial charge in [0.25, 0.3) is 0 Å². The van der Waals surface area contributed by atoms with E-state index < -0.39 is 0 Å². The predicted molar refractivity (Wildman–Crippen MR) is 105 cm³/mol. The van der Waals surface area contributed by atoms with Gasteiger partial charge in [-0.25, -0.2) is 14.3 Å². The normalized spacial score (nSPS) is 10.6. The van der Waals surface area contributed by atoms with E-state index in [4.69, 9.17) is 15.0 Å². The summed E-state index contributed by atoms with van der Waals surface area (Å²) in [5, 5.41) is 13.3. The van der Waals surface area contributed by atoms with Gasteiger partial charge in [-0.15, -0.1) is 0 Å². The number of nitrogens with zero attached hydrogens (tertiary/aromatic N) is 4. The highest BCUT2D eigenvalue weighted by molar-refractivity contribution is 5.90. The zero-order valence-electron chi connectivity index (χ0n) is 15.2. The Morgan fingerprint density at radius 1 is 1.07 bits per heavy atom. The highest BCUT2D eigenvalue weighted by Crippen LogP contribution is 2.26. The molecule has 6 heteroatoms. The molecule has 0 aliphatic rings. The van der Waals surface area contributed by atoms with Crippen molar-refractivity contribution in [2.75, 3.05) is 6.61 Å². The molecule has 4 rings (SSSR count). The largest absolute Gasteiger partial charge is 0.462 e. The maximum atomic E-state index is 11.8. The Morgan fingerprint density at radius 2 is 1.79 bits per heavy atom. The fourth-order valence-corrected chi connectivity index (χ4v) is 2.95. The van der Waals surface area contributed by atoms with Crippen LogP contribution in [-0.4, -0.2) is 27.2 Å². The summed E-state index contributed by atoms with van der Waals surface area (Å²) in [5.41, 5.74) is 5.33. The third-order valence-corrected chi connectivity index (χ3v) is 4.39. The van der Waals surface area contributed by atoms with Gasteiger partial charge in [0, 0.05) is 17.3 Å². The molecule has 0 fully saturated rings. The minimum absolute atomic E-state index is 0.337. The summed E-state index contributed by atoms with van der Waals surface area (Å²) in [6.45, 7) is 2.13. The molecule has 0 bridgehead atoms. The van der Waals surface area contributed by atoms with Crippen molar-refractivity contribution in [3.63, 3.8) is 0 Å². The average Bonchev–Trinajstić information content (AvgIpc) is 3.17. The molecule has 0 spiro atoms. The molecular formula is C22H16N4O2. The lowest BCUT2D eigenvalue weighted by Gasteiger charge is -2.05. The quantitative estimate of drug-likeness (QED) is 0.506. The van der Waals surface area contributed by atoms with Crippen molar-refractivity contribution in [2.24, 2.45) is 0 Å². The predicted octanol–water partition coefficient (Wildman–Crippen LogP) is 4.11. The molecule has 2 heterocycles. The molecule has 4 aromatic rings. The molecule has 6 nitrogen and oxygen atoms in total. The number of rotatable bonds is 4. The van der Waals surface area contributed by atoms with Crippen LogP contribution in [0.15, 0.2) is 67.0 Å². The van der Waals surface area contributed by atoms with Crippen LogP contribution in [0.2, 0.25) is 0 Å². The van der Waals surface area contributed by atoms with E-state index in [1.165, 1.54) is 0 Å². The molecule has 0 N–H and O–H groups in total. The Labute approximate surface area is 161 Å². The Kier molecular flexibility index (Phi) is 4.56. The van der Waals surface area contributed by atoms with Gasteiger partial charge < -0.3 is 4.74 Å². The van der Waals surface area contributed by atoms with E-state index in [0.29, 0.717) is 17.7 Å². The molecule has 2 aromatic carbocycles. The van der Waals surface area contributed by atoms with Gasteiger partial charge in [0.15, 0.2) is 5.65 Å². The second-order valence-electron chi connectivity index (χ2n) is 6.13. The second-order valence-corrected chi connectivity index (χ2v) is 6.13. The summed E-state index contributed by atoms with van der Waals surface area (Å²) in [4.78, 5) is 16.6. The minimum Gasteiger partial charge on any atom is -0.462 e. The van der Waals surface area contributed by atoms with Crippen molar-refractivity contribution in [3.8, 4) is 28.5 Å². The van der Waals surface area contributed by atoms with Gasteiger partial charge in [-0.3, -0.25) is 0 Å². The van der Waals surface area contributed by atoms with Crippen LogP contribution in [0.4, 0.5) is 0 Å². The first kappa shape index (κ1) is 17.4. The third kappa shape index (κ3) is 3.21. The number of carbonyl (C=O) groups is 1. The van der Waals surface area contributed by atoms with Gasteiger partial charge in [-0.2, -0.15) is 10.4 Å². The topological polar surface area (TPSA) is 80.3 Å². The Balaban J connectivity index is 1.71. The zero-order chi connectivity index (χ0) is 19.5. The first-order valence-electron chi connectivity index (χ1n) is 8.82. The molecule has 2 aromatic heterocycles. The van der Waals surface area contributed by atoms with Crippen molar-refractivity contribution in [3.05, 3.63) is 78.1 Å². The number of fused-ring (bicyclic) bond motifs is 1. The van der Waals surface area contributed by atoms with Gasteiger partial charge in [-0.1, -0.05) is 24.3 Å². The zero-order valence-corrected chi connectivity index (χ0v) is 15.2. The molecule has 0 aliphatic heterocycles. The highest BCUT2D eigenvalue weighted by atomic mass is 16.5. The van der Waals surface area contributed by atoms with Crippen molar-refractivity contribution < 1.29 is 9.53 Å². The fourth-order valence-electron chi connectivity index (χ4n) is 2.95. The van der Waals surface area contributed by atoms with E-state index in [1.54, 1.807) is 41.9 Å². The maximum Gasteiger partial charge on any atom is 0.338 e. The van der Waals surface area contributed by atoms with Crippen molar-refractivity contribution in [1.82, 2.24) is 14.6 Å². The van der Waals surface area contributed by atoms with E-state index in [9.17, 15) is 4.79 Å². The average molecular weight is 368 g/mol. The van der Waals surface area contributed by atoms with E-state index in [1.807, 2.05) is 36.5 Å². The smallest absolute Gasteiger partial charge is 0.338 e. The molecule has 0 saturated heterocycles. The van der Waals surface area contributed by atoms with Gasteiger partial charge in [0.05, 0.1) is 35.7 Å². The number of esters is 1.